The second-order valence-electron chi connectivity index (χ2n) is 19.5. The molecular formula is C70H44O4. The quantitative estimate of drug-likeness (QED) is 0.167. The van der Waals surface area contributed by atoms with Gasteiger partial charge in [0.15, 0.2) is 0 Å². The molecule has 2 aromatic heterocycles. The molecule has 0 amide bonds. The molecule has 2 spiro atoms. The van der Waals surface area contributed by atoms with E-state index >= 15 is 0 Å². The fraction of sp³-hybridized carbons (Fsp3) is 0.0286. The summed E-state index contributed by atoms with van der Waals surface area (Å²) in [4.78, 5) is 0. The van der Waals surface area contributed by atoms with Crippen molar-refractivity contribution in [3.8, 4) is 90.2 Å². The highest BCUT2D eigenvalue weighted by Gasteiger charge is 2.63. The van der Waals surface area contributed by atoms with Gasteiger partial charge in [-0.05, 0) is 117 Å². The standard InChI is InChI=1S/C70H44O4/c1-5-21-45(22-6-1)49-37-50(46-23-7-2-8-24-46)40-53(39-49)65-43-59-67(73-65)70(57-31-15-19-35-63(57)72-64-36-20-16-32-58(64)70)60-44-66(54-41-51(47-25-9-3-10-26-47)38-52(42-54)48-27-11-4-12-28-48)74-68(60)69(59)55-29-13-17-33-61(55)71-62-34-18-14-30-56(62)69/h1-44H. The van der Waals surface area contributed by atoms with Crippen molar-refractivity contribution in [1.29, 1.82) is 0 Å². The molecule has 0 radical (unpaired) electrons. The van der Waals surface area contributed by atoms with Crippen molar-refractivity contribution in [3.63, 3.8) is 0 Å². The van der Waals surface area contributed by atoms with Crippen molar-refractivity contribution in [2.24, 2.45) is 0 Å². The van der Waals surface area contributed by atoms with Crippen molar-refractivity contribution in [1.82, 2.24) is 0 Å². The van der Waals surface area contributed by atoms with Crippen LogP contribution in [0.15, 0.2) is 276 Å². The van der Waals surface area contributed by atoms with Crippen LogP contribution in [0.2, 0.25) is 0 Å². The van der Waals surface area contributed by atoms with Crippen LogP contribution in [-0.2, 0) is 10.8 Å². The van der Waals surface area contributed by atoms with E-state index in [1.807, 2.05) is 24.3 Å². The van der Waals surface area contributed by atoms with Crippen LogP contribution in [0.25, 0.3) is 67.2 Å². The molecule has 0 fully saturated rings. The van der Waals surface area contributed by atoms with Crippen molar-refractivity contribution in [2.45, 2.75) is 10.8 Å². The van der Waals surface area contributed by atoms with Gasteiger partial charge < -0.3 is 18.3 Å². The molecular weight excluding hydrogens is 905 g/mol. The molecule has 1 aliphatic carbocycles. The Morgan fingerprint density at radius 3 is 0.730 bits per heavy atom. The highest BCUT2D eigenvalue weighted by molar-refractivity contribution is 5.86. The number of fused-ring (bicyclic) bond motifs is 14. The van der Waals surface area contributed by atoms with Gasteiger partial charge in [0.1, 0.15) is 56.9 Å². The predicted octanol–water partition coefficient (Wildman–Crippen LogP) is 18.2. The largest absolute Gasteiger partial charge is 0.459 e. The Morgan fingerprint density at radius 1 is 0.203 bits per heavy atom. The van der Waals surface area contributed by atoms with Crippen LogP contribution in [0.1, 0.15) is 44.9 Å². The molecule has 0 N–H and O–H groups in total. The second-order valence-corrected chi connectivity index (χ2v) is 19.5. The van der Waals surface area contributed by atoms with Crippen molar-refractivity contribution >= 4 is 0 Å². The smallest absolute Gasteiger partial charge is 0.134 e. The lowest BCUT2D eigenvalue weighted by Gasteiger charge is -2.48. The minimum atomic E-state index is -1.07. The normalized spacial score (nSPS) is 13.8. The summed E-state index contributed by atoms with van der Waals surface area (Å²) >= 11 is 0. The maximum Gasteiger partial charge on any atom is 0.134 e. The Labute approximate surface area is 429 Å². The first-order valence-electron chi connectivity index (χ1n) is 25.2. The molecule has 0 unspecified atom stereocenters. The molecule has 4 heteroatoms. The molecule has 0 saturated carbocycles. The topological polar surface area (TPSA) is 44.7 Å². The first-order chi connectivity index (χ1) is 36.6. The van der Waals surface area contributed by atoms with Crippen LogP contribution in [0.4, 0.5) is 0 Å². The molecule has 3 aliphatic rings. The molecule has 15 rings (SSSR count). The number of hydrogen-bond acceptors (Lipinski definition) is 4. The molecule has 0 atom stereocenters. The van der Waals surface area contributed by atoms with Gasteiger partial charge in [0.2, 0.25) is 0 Å². The van der Waals surface area contributed by atoms with Gasteiger partial charge in [-0.3, -0.25) is 0 Å². The molecule has 2 aliphatic heterocycles. The Morgan fingerprint density at radius 2 is 0.446 bits per heavy atom. The van der Waals surface area contributed by atoms with Gasteiger partial charge in [-0.1, -0.05) is 194 Å². The summed E-state index contributed by atoms with van der Waals surface area (Å²) in [6.45, 7) is 0. The van der Waals surface area contributed by atoms with E-state index in [9.17, 15) is 0 Å². The Bertz CT molecular complexity index is 3610. The minimum Gasteiger partial charge on any atom is -0.459 e. The van der Waals surface area contributed by atoms with Crippen LogP contribution >= 0.6 is 0 Å². The molecule has 4 heterocycles. The van der Waals surface area contributed by atoms with Crippen molar-refractivity contribution < 1.29 is 18.3 Å². The van der Waals surface area contributed by atoms with Crippen LogP contribution in [0.3, 0.4) is 0 Å². The lowest BCUT2D eigenvalue weighted by molar-refractivity contribution is 0.353. The number of rotatable bonds is 6. The van der Waals surface area contributed by atoms with Gasteiger partial charge >= 0.3 is 0 Å². The molecule has 0 saturated heterocycles. The van der Waals surface area contributed by atoms with Crippen LogP contribution in [0.5, 0.6) is 23.0 Å². The molecule has 0 bridgehead atoms. The van der Waals surface area contributed by atoms with E-state index in [-0.39, 0.29) is 0 Å². The summed E-state index contributed by atoms with van der Waals surface area (Å²) in [6.07, 6.45) is 0. The molecule has 4 nitrogen and oxygen atoms in total. The summed E-state index contributed by atoms with van der Waals surface area (Å²) in [5.41, 5.74) is 14.4. The van der Waals surface area contributed by atoms with E-state index in [0.717, 1.165) is 135 Å². The fourth-order valence-electron chi connectivity index (χ4n) is 12.2. The number of ether oxygens (including phenoxy) is 2. The summed E-state index contributed by atoms with van der Waals surface area (Å²) in [5, 5.41) is 0. The number of hydrogen-bond donors (Lipinski definition) is 0. The zero-order valence-corrected chi connectivity index (χ0v) is 40.0. The van der Waals surface area contributed by atoms with Crippen molar-refractivity contribution in [3.05, 3.63) is 312 Å². The third-order valence-corrected chi connectivity index (χ3v) is 15.4. The minimum absolute atomic E-state index is 0.736. The average Bonchev–Trinajstić information content (AvgIpc) is 4.19. The Hall–Kier alpha value is -9.64. The van der Waals surface area contributed by atoms with E-state index < -0.39 is 10.8 Å². The number of benzene rings is 10. The third-order valence-electron chi connectivity index (χ3n) is 15.4. The van der Waals surface area contributed by atoms with Crippen LogP contribution in [0, 0.1) is 0 Å². The van der Waals surface area contributed by atoms with E-state index in [1.54, 1.807) is 0 Å². The molecule has 12 aromatic rings. The van der Waals surface area contributed by atoms with Crippen LogP contribution in [-0.4, -0.2) is 0 Å². The Kier molecular flexibility index (Phi) is 9.36. The van der Waals surface area contributed by atoms with E-state index in [2.05, 4.69) is 243 Å². The summed E-state index contributed by atoms with van der Waals surface area (Å²) in [6, 6.07) is 94.3. The molecule has 10 aromatic carbocycles. The SMILES string of the molecule is c1ccc(-c2cc(-c3ccccc3)cc(-c3cc4c(o3)C3(c5ccccc5Oc5ccccc53)c3cc(-c5cc(-c6ccccc6)cc(-c6ccccc6)c5)oc3C43c4ccccc4Oc4ccccc43)c2)cc1. The molecule has 74 heavy (non-hydrogen) atoms. The zero-order chi connectivity index (χ0) is 48.8. The second kappa shape index (κ2) is 16.5. The average molecular weight is 949 g/mol. The van der Waals surface area contributed by atoms with E-state index in [1.165, 1.54) is 0 Å². The summed E-state index contributed by atoms with van der Waals surface area (Å²) in [5.74, 6) is 6.06. The van der Waals surface area contributed by atoms with Gasteiger partial charge in [0, 0.05) is 44.5 Å². The van der Waals surface area contributed by atoms with Crippen LogP contribution < -0.4 is 9.47 Å². The maximum absolute atomic E-state index is 7.93. The first kappa shape index (κ1) is 42.1. The zero-order valence-electron chi connectivity index (χ0n) is 40.0. The predicted molar refractivity (Wildman–Crippen MR) is 294 cm³/mol. The lowest BCUT2D eigenvalue weighted by Crippen LogP contribution is -2.46. The summed E-state index contributed by atoms with van der Waals surface area (Å²) in [7, 11) is 0. The fourth-order valence-corrected chi connectivity index (χ4v) is 12.2. The summed E-state index contributed by atoms with van der Waals surface area (Å²) < 4.78 is 29.7. The highest BCUT2D eigenvalue weighted by atomic mass is 16.5. The van der Waals surface area contributed by atoms with Gasteiger partial charge in [-0.15, -0.1) is 0 Å². The number of para-hydroxylation sites is 4. The third kappa shape index (κ3) is 6.22. The van der Waals surface area contributed by atoms with Gasteiger partial charge in [0.05, 0.1) is 0 Å². The Balaban J connectivity index is 1.09. The number of furan rings is 2. The van der Waals surface area contributed by atoms with Gasteiger partial charge in [-0.25, -0.2) is 0 Å². The van der Waals surface area contributed by atoms with E-state index in [0.29, 0.717) is 0 Å². The maximum atomic E-state index is 7.93. The lowest BCUT2D eigenvalue weighted by atomic mass is 9.53. The highest BCUT2D eigenvalue weighted by Crippen LogP contribution is 2.68. The monoisotopic (exact) mass is 948 g/mol. The van der Waals surface area contributed by atoms with Crippen molar-refractivity contribution in [2.75, 3.05) is 0 Å². The first-order valence-corrected chi connectivity index (χ1v) is 25.2. The van der Waals surface area contributed by atoms with Gasteiger partial charge in [0.25, 0.3) is 0 Å². The van der Waals surface area contributed by atoms with E-state index in [4.69, 9.17) is 18.3 Å². The van der Waals surface area contributed by atoms with Gasteiger partial charge in [-0.2, -0.15) is 0 Å². The molecule has 348 valence electrons.